The third-order valence-corrected chi connectivity index (χ3v) is 23.0. The summed E-state index contributed by atoms with van der Waals surface area (Å²) in [6.45, 7) is 37.2. The lowest BCUT2D eigenvalue weighted by atomic mass is 9.72. The molecule has 12 aromatic carbocycles. The fourth-order valence-electron chi connectivity index (χ4n) is 18.1. The predicted molar refractivity (Wildman–Crippen MR) is 472 cm³/mol. The summed E-state index contributed by atoms with van der Waals surface area (Å²) in [6.07, 6.45) is 12.0. The summed E-state index contributed by atoms with van der Waals surface area (Å²) in [4.78, 5) is 16.3. The van der Waals surface area contributed by atoms with Crippen molar-refractivity contribution >= 4 is 67.5 Å². The van der Waals surface area contributed by atoms with Crippen molar-refractivity contribution in [2.45, 2.75) is 157 Å². The number of benzene rings is 12. The zero-order valence-corrected chi connectivity index (χ0v) is 67.2. The highest BCUT2D eigenvalue weighted by Gasteiger charge is 2.39. The van der Waals surface area contributed by atoms with Crippen LogP contribution in [-0.2, 0) is 21.7 Å². The standard InChI is InChI=1S/C106H104N4/c1-101(2,3)67-105(13,14)81-43-35-73(36-44-81)69-27-31-71(32-28-69)75-39-51-83(52-40-75)109(85-55-47-79(48-56-85)103(7,8)9)87-63-91(77-23-19-17-20-24-77)99-93(65-87)97-89-59-62-96-98(90(89)60-61-95(97)107-99)94-66-88(64-92(100(94)108-96)78-25-21-18-22-26-78)110(86-57-49-80(50-58-86)104(10,11)12)84-53-41-76(42-54-84)72-33-29-70(30-34-72)74-37-45-82(46-38-74)106(15,16)68-102(4,5)6/h17-66,91-92H,67-68H2,1-16H3. The molecule has 0 saturated carbocycles. The SMILES string of the molecule is CC(C)(C)CC(C)(C)c1ccc(-c2ccc(-c3ccc(N(C4=CC(c5ccccc5)C5=Nc6ccc7c8c(ccc7c6C5=C4)N=C4C8=CC(N(c5ccc(-c6ccc(-c7ccc(C(C)(C)CC(C)(C)C)cc7)cc6)cc5)c5ccc(C(C)(C)C)cc5)=CC4c4ccccc4)c4ccc(C(C)(C)C)cc4)cc3)cc2)cc1. The molecule has 2 aliphatic heterocycles. The first-order valence-electron chi connectivity index (χ1n) is 39.7. The number of rotatable bonds is 16. The fraction of sp³-hybridized carbons (Fsp3) is 0.245. The van der Waals surface area contributed by atoms with Crippen LogP contribution in [0.4, 0.5) is 34.1 Å². The van der Waals surface area contributed by atoms with Crippen LogP contribution >= 0.6 is 0 Å². The lowest BCUT2D eigenvalue weighted by molar-refractivity contribution is 0.283. The van der Waals surface area contributed by atoms with E-state index in [4.69, 9.17) is 9.98 Å². The Morgan fingerprint density at radius 1 is 0.273 bits per heavy atom. The van der Waals surface area contributed by atoms with E-state index in [2.05, 4.69) is 424 Å². The van der Waals surface area contributed by atoms with Gasteiger partial charge >= 0.3 is 0 Å². The van der Waals surface area contributed by atoms with E-state index in [9.17, 15) is 0 Å². The van der Waals surface area contributed by atoms with E-state index >= 15 is 0 Å². The molecule has 0 amide bonds. The largest absolute Gasteiger partial charge is 0.311 e. The molecule has 16 rings (SSSR count). The van der Waals surface area contributed by atoms with Gasteiger partial charge in [0.05, 0.1) is 22.8 Å². The number of nitrogens with zero attached hydrogens (tertiary/aromatic N) is 4. The molecule has 548 valence electrons. The molecule has 0 bridgehead atoms. The number of hydrogen-bond acceptors (Lipinski definition) is 4. The monoisotopic (exact) mass is 1430 g/mol. The molecule has 2 aliphatic carbocycles. The second-order valence-corrected chi connectivity index (χ2v) is 37.0. The Labute approximate surface area is 654 Å². The van der Waals surface area contributed by atoms with Crippen molar-refractivity contribution in [3.8, 4) is 44.5 Å². The molecule has 0 aromatic heterocycles. The smallest absolute Gasteiger partial charge is 0.0719 e. The van der Waals surface area contributed by atoms with E-state index in [1.165, 1.54) is 77.9 Å². The Balaban J connectivity index is 0.769. The maximum absolute atomic E-state index is 5.69. The molecule has 12 aromatic rings. The van der Waals surface area contributed by atoms with Gasteiger partial charge in [0, 0.05) is 68.3 Å². The number of hydrogen-bond donors (Lipinski definition) is 0. The van der Waals surface area contributed by atoms with Crippen molar-refractivity contribution in [2.75, 3.05) is 9.80 Å². The molecular formula is C106H104N4. The van der Waals surface area contributed by atoms with Crippen LogP contribution in [0.25, 0.3) is 66.4 Å². The van der Waals surface area contributed by atoms with Gasteiger partial charge < -0.3 is 9.80 Å². The quantitative estimate of drug-likeness (QED) is 0.0965. The van der Waals surface area contributed by atoms with Crippen molar-refractivity contribution < 1.29 is 0 Å². The van der Waals surface area contributed by atoms with Crippen LogP contribution < -0.4 is 9.80 Å². The van der Waals surface area contributed by atoms with Gasteiger partial charge in [-0.15, -0.1) is 0 Å². The number of aliphatic imine (C=N–C) groups is 2. The summed E-state index contributed by atoms with van der Waals surface area (Å²) < 4.78 is 0. The Bertz CT molecular complexity index is 5280. The molecule has 0 N–H and O–H groups in total. The van der Waals surface area contributed by atoms with E-state index < -0.39 is 0 Å². The van der Waals surface area contributed by atoms with Gasteiger partial charge in [0.15, 0.2) is 0 Å². The first kappa shape index (κ1) is 73.0. The van der Waals surface area contributed by atoms with Gasteiger partial charge in [-0.3, -0.25) is 9.98 Å². The van der Waals surface area contributed by atoms with Crippen molar-refractivity contribution in [2.24, 2.45) is 20.8 Å². The van der Waals surface area contributed by atoms with Crippen molar-refractivity contribution in [3.63, 3.8) is 0 Å². The molecule has 110 heavy (non-hydrogen) atoms. The molecule has 4 aliphatic rings. The zero-order chi connectivity index (χ0) is 76.8. The molecule has 0 radical (unpaired) electrons. The third kappa shape index (κ3) is 14.6. The molecule has 4 heteroatoms. The van der Waals surface area contributed by atoms with Gasteiger partial charge in [0.2, 0.25) is 0 Å². The first-order valence-corrected chi connectivity index (χ1v) is 39.7. The topological polar surface area (TPSA) is 31.2 Å². The summed E-state index contributed by atoms with van der Waals surface area (Å²) in [5.74, 6) is -0.274. The van der Waals surface area contributed by atoms with Crippen LogP contribution in [0, 0.1) is 10.8 Å². The van der Waals surface area contributed by atoms with Gasteiger partial charge in [-0.1, -0.05) is 329 Å². The van der Waals surface area contributed by atoms with Crippen LogP contribution in [0.3, 0.4) is 0 Å². The molecular weight excluding hydrogens is 1330 g/mol. The average Bonchev–Trinajstić information content (AvgIpc) is 1.54. The Hall–Kier alpha value is -11.2. The number of anilines is 4. The van der Waals surface area contributed by atoms with Crippen LogP contribution in [0.2, 0.25) is 0 Å². The highest BCUT2D eigenvalue weighted by molar-refractivity contribution is 6.39. The summed E-state index contributed by atoms with van der Waals surface area (Å²) in [6, 6.07) is 105. The normalized spacial score (nSPS) is 15.7. The summed E-state index contributed by atoms with van der Waals surface area (Å²) in [5.41, 5.74) is 33.1. The average molecular weight is 1430 g/mol. The molecule has 0 saturated heterocycles. The zero-order valence-electron chi connectivity index (χ0n) is 67.2. The Morgan fingerprint density at radius 2 is 0.527 bits per heavy atom. The van der Waals surface area contributed by atoms with E-state index in [0.717, 1.165) is 103 Å². The minimum Gasteiger partial charge on any atom is -0.311 e. The fourth-order valence-corrected chi connectivity index (χ4v) is 18.1. The molecule has 2 heterocycles. The maximum Gasteiger partial charge on any atom is 0.0719 e. The summed E-state index contributed by atoms with van der Waals surface area (Å²) >= 11 is 0. The minimum absolute atomic E-state index is 0.0181. The van der Waals surface area contributed by atoms with E-state index in [-0.39, 0.29) is 44.3 Å². The second-order valence-electron chi connectivity index (χ2n) is 37.0. The van der Waals surface area contributed by atoms with E-state index in [1.54, 1.807) is 0 Å². The highest BCUT2D eigenvalue weighted by Crippen LogP contribution is 2.54. The number of allylic oxidation sites excluding steroid dienone is 6. The third-order valence-electron chi connectivity index (χ3n) is 23.0. The molecule has 4 nitrogen and oxygen atoms in total. The van der Waals surface area contributed by atoms with Gasteiger partial charge in [-0.2, -0.15) is 0 Å². The molecule has 0 fully saturated rings. The van der Waals surface area contributed by atoms with Crippen LogP contribution in [-0.4, -0.2) is 11.4 Å². The summed E-state index contributed by atoms with van der Waals surface area (Å²) in [7, 11) is 0. The minimum atomic E-state index is -0.137. The Morgan fingerprint density at radius 3 is 0.800 bits per heavy atom. The van der Waals surface area contributed by atoms with E-state index in [0.29, 0.717) is 0 Å². The van der Waals surface area contributed by atoms with Crippen molar-refractivity contribution in [1.29, 1.82) is 0 Å². The maximum atomic E-state index is 5.69. The van der Waals surface area contributed by atoms with Crippen LogP contribution in [0.5, 0.6) is 0 Å². The van der Waals surface area contributed by atoms with Gasteiger partial charge in [-0.25, -0.2) is 0 Å². The van der Waals surface area contributed by atoms with Crippen molar-refractivity contribution in [3.05, 3.63) is 359 Å². The van der Waals surface area contributed by atoms with Crippen molar-refractivity contribution in [1.82, 2.24) is 0 Å². The predicted octanol–water partition coefficient (Wildman–Crippen LogP) is 29.5. The first-order chi connectivity index (χ1) is 52.5. The lowest BCUT2D eigenvalue weighted by Crippen LogP contribution is -2.24. The lowest BCUT2D eigenvalue weighted by Gasteiger charge is -2.33. The Kier molecular flexibility index (Phi) is 18.6. The molecule has 2 atom stereocenters. The number of fused-ring (bicyclic) bond motifs is 9. The van der Waals surface area contributed by atoms with Gasteiger partial charge in [0.25, 0.3) is 0 Å². The van der Waals surface area contributed by atoms with E-state index in [1.807, 2.05) is 0 Å². The second kappa shape index (κ2) is 28.0. The molecule has 2 unspecified atom stereocenters. The van der Waals surface area contributed by atoms with Gasteiger partial charge in [-0.05, 0) is 219 Å². The van der Waals surface area contributed by atoms with Crippen LogP contribution in [0.1, 0.15) is 180 Å². The van der Waals surface area contributed by atoms with Gasteiger partial charge in [0.1, 0.15) is 0 Å². The summed E-state index contributed by atoms with van der Waals surface area (Å²) in [5, 5.41) is 2.31. The highest BCUT2D eigenvalue weighted by atomic mass is 15.2. The van der Waals surface area contributed by atoms with Crippen LogP contribution in [0.15, 0.2) is 325 Å². The molecule has 0 spiro atoms.